The Kier molecular flexibility index (Phi) is 5.33. The van der Waals surface area contributed by atoms with Gasteiger partial charge in [0.2, 0.25) is 0 Å². The van der Waals surface area contributed by atoms with Crippen molar-refractivity contribution in [3.05, 3.63) is 102 Å². The number of nitrogens with zero attached hydrogens (tertiary/aromatic N) is 2. The molecular formula is C23H18N2O4. The van der Waals surface area contributed by atoms with Gasteiger partial charge in [0, 0.05) is 23.5 Å². The van der Waals surface area contributed by atoms with Crippen LogP contribution in [0, 0.1) is 0 Å². The fourth-order valence-electron chi connectivity index (χ4n) is 2.85. The topological polar surface area (TPSA) is 69.9 Å². The van der Waals surface area contributed by atoms with Gasteiger partial charge in [-0.15, -0.1) is 0 Å². The lowest BCUT2D eigenvalue weighted by atomic mass is 10.0. The van der Waals surface area contributed by atoms with Crippen LogP contribution in [-0.2, 0) is 16.1 Å². The number of esters is 1. The molecule has 0 saturated heterocycles. The lowest BCUT2D eigenvalue weighted by Gasteiger charge is -2.07. The number of benzene rings is 2. The molecule has 0 saturated carbocycles. The predicted molar refractivity (Wildman–Crippen MR) is 107 cm³/mol. The third-order valence-corrected chi connectivity index (χ3v) is 4.30. The van der Waals surface area contributed by atoms with Crippen molar-refractivity contribution >= 4 is 17.4 Å². The minimum Gasteiger partial charge on any atom is -0.482 e. The Hall–Kier alpha value is -3.93. The lowest BCUT2D eigenvalue weighted by Crippen LogP contribution is -2.15. The summed E-state index contributed by atoms with van der Waals surface area (Å²) in [5.74, 6) is -0.0743. The zero-order valence-electron chi connectivity index (χ0n) is 15.5. The van der Waals surface area contributed by atoms with Crippen molar-refractivity contribution in [2.24, 2.45) is 0 Å². The summed E-state index contributed by atoms with van der Waals surface area (Å²) in [7, 11) is 0. The van der Waals surface area contributed by atoms with E-state index in [0.29, 0.717) is 22.6 Å². The van der Waals surface area contributed by atoms with Crippen LogP contribution in [0.3, 0.4) is 0 Å². The van der Waals surface area contributed by atoms with Crippen molar-refractivity contribution in [3.8, 4) is 5.75 Å². The molecule has 0 aliphatic heterocycles. The first-order chi connectivity index (χ1) is 14.2. The number of fused-ring (bicyclic) bond motifs is 1. The number of rotatable bonds is 7. The van der Waals surface area contributed by atoms with Gasteiger partial charge in [-0.3, -0.25) is 4.79 Å². The van der Waals surface area contributed by atoms with Crippen molar-refractivity contribution in [1.29, 1.82) is 0 Å². The second kappa shape index (κ2) is 8.39. The van der Waals surface area contributed by atoms with E-state index in [9.17, 15) is 9.59 Å². The zero-order valence-corrected chi connectivity index (χ0v) is 15.5. The molecule has 0 aliphatic carbocycles. The van der Waals surface area contributed by atoms with Gasteiger partial charge in [0.1, 0.15) is 18.0 Å². The Labute approximate surface area is 167 Å². The Bertz CT molecular complexity index is 1100. The molecule has 0 N–H and O–H groups in total. The van der Waals surface area contributed by atoms with Crippen LogP contribution in [0.5, 0.6) is 5.75 Å². The Morgan fingerprint density at radius 2 is 1.59 bits per heavy atom. The van der Waals surface area contributed by atoms with Gasteiger partial charge in [-0.05, 0) is 36.4 Å². The fraction of sp³-hybridized carbons (Fsp3) is 0.0870. The van der Waals surface area contributed by atoms with Crippen molar-refractivity contribution < 1.29 is 19.1 Å². The van der Waals surface area contributed by atoms with Crippen LogP contribution in [0.25, 0.3) is 5.65 Å². The summed E-state index contributed by atoms with van der Waals surface area (Å²) in [5.41, 5.74) is 2.63. The van der Waals surface area contributed by atoms with Gasteiger partial charge in [-0.2, -0.15) is 0 Å². The zero-order chi connectivity index (χ0) is 20.1. The maximum absolute atomic E-state index is 12.4. The van der Waals surface area contributed by atoms with E-state index < -0.39 is 5.97 Å². The average Bonchev–Trinajstić information content (AvgIpc) is 3.20. The SMILES string of the molecule is O=C(COc1ccc(C(=O)c2ccccc2)cc1)OCc1cn2ccccc2n1. The van der Waals surface area contributed by atoms with E-state index in [0.717, 1.165) is 5.65 Å². The molecular weight excluding hydrogens is 368 g/mol. The fourth-order valence-corrected chi connectivity index (χ4v) is 2.85. The van der Waals surface area contributed by atoms with Crippen LogP contribution >= 0.6 is 0 Å². The standard InChI is InChI=1S/C23H18N2O4/c26-22(29-15-19-14-25-13-5-4-8-21(25)24-19)16-28-20-11-9-18(10-12-20)23(27)17-6-2-1-3-7-17/h1-14H,15-16H2. The van der Waals surface area contributed by atoms with E-state index in [1.807, 2.05) is 53.2 Å². The first-order valence-corrected chi connectivity index (χ1v) is 9.10. The highest BCUT2D eigenvalue weighted by Crippen LogP contribution is 2.15. The van der Waals surface area contributed by atoms with E-state index in [1.54, 1.807) is 36.4 Å². The van der Waals surface area contributed by atoms with Crippen LogP contribution in [0.1, 0.15) is 21.6 Å². The molecule has 0 aliphatic rings. The van der Waals surface area contributed by atoms with Crippen LogP contribution < -0.4 is 4.74 Å². The lowest BCUT2D eigenvalue weighted by molar-refractivity contribution is -0.147. The first kappa shape index (κ1) is 18.4. The number of hydrogen-bond acceptors (Lipinski definition) is 5. The third-order valence-electron chi connectivity index (χ3n) is 4.30. The van der Waals surface area contributed by atoms with Gasteiger partial charge in [-0.25, -0.2) is 9.78 Å². The summed E-state index contributed by atoms with van der Waals surface area (Å²) in [6, 6.07) is 21.4. The average molecular weight is 386 g/mol. The molecule has 4 rings (SSSR count). The molecule has 6 heteroatoms. The molecule has 2 heterocycles. The maximum atomic E-state index is 12.4. The molecule has 2 aromatic heterocycles. The van der Waals surface area contributed by atoms with Crippen molar-refractivity contribution in [2.75, 3.05) is 6.61 Å². The number of aromatic nitrogens is 2. The molecule has 144 valence electrons. The Morgan fingerprint density at radius 3 is 2.34 bits per heavy atom. The molecule has 2 aromatic carbocycles. The molecule has 4 aromatic rings. The van der Waals surface area contributed by atoms with E-state index in [1.165, 1.54) is 0 Å². The minimum atomic E-state index is -0.494. The van der Waals surface area contributed by atoms with Gasteiger partial charge in [0.25, 0.3) is 0 Å². The molecule has 6 nitrogen and oxygen atoms in total. The first-order valence-electron chi connectivity index (χ1n) is 9.10. The molecule has 0 radical (unpaired) electrons. The van der Waals surface area contributed by atoms with Crippen LogP contribution in [0.4, 0.5) is 0 Å². The number of imidazole rings is 1. The molecule has 0 spiro atoms. The highest BCUT2D eigenvalue weighted by molar-refractivity contribution is 6.08. The Balaban J connectivity index is 1.28. The van der Waals surface area contributed by atoms with Crippen LogP contribution in [-0.4, -0.2) is 27.7 Å². The second-order valence-corrected chi connectivity index (χ2v) is 6.37. The molecule has 0 bridgehead atoms. The highest BCUT2D eigenvalue weighted by atomic mass is 16.6. The van der Waals surface area contributed by atoms with E-state index in [-0.39, 0.29) is 19.0 Å². The van der Waals surface area contributed by atoms with Crippen LogP contribution in [0.15, 0.2) is 85.2 Å². The summed E-state index contributed by atoms with van der Waals surface area (Å²) in [4.78, 5) is 28.7. The van der Waals surface area contributed by atoms with E-state index >= 15 is 0 Å². The quantitative estimate of drug-likeness (QED) is 0.358. The summed E-state index contributed by atoms with van der Waals surface area (Å²) in [6.07, 6.45) is 3.69. The molecule has 29 heavy (non-hydrogen) atoms. The summed E-state index contributed by atoms with van der Waals surface area (Å²) < 4.78 is 12.5. The van der Waals surface area contributed by atoms with Crippen LogP contribution in [0.2, 0.25) is 0 Å². The van der Waals surface area contributed by atoms with Gasteiger partial charge in [0.15, 0.2) is 12.4 Å². The van der Waals surface area contributed by atoms with Crippen molar-refractivity contribution in [2.45, 2.75) is 6.61 Å². The summed E-state index contributed by atoms with van der Waals surface area (Å²) in [5, 5.41) is 0. The smallest absolute Gasteiger partial charge is 0.344 e. The number of carbonyl (C=O) groups excluding carboxylic acids is 2. The normalized spacial score (nSPS) is 10.6. The monoisotopic (exact) mass is 386 g/mol. The predicted octanol–water partition coefficient (Wildman–Crippen LogP) is 3.69. The second-order valence-electron chi connectivity index (χ2n) is 6.37. The number of ether oxygens (including phenoxy) is 2. The number of carbonyl (C=O) groups is 2. The van der Waals surface area contributed by atoms with Gasteiger partial charge < -0.3 is 13.9 Å². The summed E-state index contributed by atoms with van der Waals surface area (Å²) in [6.45, 7) is -0.145. The minimum absolute atomic E-state index is 0.0657. The third kappa shape index (κ3) is 4.50. The van der Waals surface area contributed by atoms with Gasteiger partial charge >= 0.3 is 5.97 Å². The van der Waals surface area contributed by atoms with Crippen molar-refractivity contribution in [3.63, 3.8) is 0 Å². The molecule has 0 unspecified atom stereocenters. The largest absolute Gasteiger partial charge is 0.482 e. The van der Waals surface area contributed by atoms with E-state index in [4.69, 9.17) is 9.47 Å². The molecule has 0 amide bonds. The number of ketones is 1. The van der Waals surface area contributed by atoms with Crippen molar-refractivity contribution in [1.82, 2.24) is 9.38 Å². The van der Waals surface area contributed by atoms with Gasteiger partial charge in [0.05, 0.1) is 5.69 Å². The van der Waals surface area contributed by atoms with E-state index in [2.05, 4.69) is 4.98 Å². The highest BCUT2D eigenvalue weighted by Gasteiger charge is 2.10. The van der Waals surface area contributed by atoms with Gasteiger partial charge in [-0.1, -0.05) is 36.4 Å². The summed E-state index contributed by atoms with van der Waals surface area (Å²) >= 11 is 0. The Morgan fingerprint density at radius 1 is 0.862 bits per heavy atom. The molecule has 0 atom stereocenters. The number of pyridine rings is 1. The molecule has 0 fully saturated rings. The maximum Gasteiger partial charge on any atom is 0.344 e. The number of hydrogen-bond donors (Lipinski definition) is 0.